The minimum absolute atomic E-state index is 0.0558. The van der Waals surface area contributed by atoms with Gasteiger partial charge in [-0.25, -0.2) is 9.78 Å². The van der Waals surface area contributed by atoms with Gasteiger partial charge in [0.1, 0.15) is 0 Å². The molecule has 0 saturated heterocycles. The third-order valence-electron chi connectivity index (χ3n) is 3.98. The van der Waals surface area contributed by atoms with E-state index >= 15 is 0 Å². The van der Waals surface area contributed by atoms with Crippen molar-refractivity contribution >= 4 is 34.7 Å². The maximum absolute atomic E-state index is 12.7. The van der Waals surface area contributed by atoms with Crippen LogP contribution in [-0.4, -0.2) is 27.9 Å². The first kappa shape index (κ1) is 21.0. The molecule has 0 fully saturated rings. The van der Waals surface area contributed by atoms with Gasteiger partial charge in [0.15, 0.2) is 6.10 Å². The van der Waals surface area contributed by atoms with E-state index in [2.05, 4.69) is 15.3 Å². The van der Waals surface area contributed by atoms with Gasteiger partial charge in [0, 0.05) is 11.8 Å². The third kappa shape index (κ3) is 5.40. The highest BCUT2D eigenvalue weighted by Gasteiger charge is 2.30. The number of hydrogen-bond acceptors (Lipinski definition) is 5. The molecule has 3 rings (SSSR count). The molecule has 6 nitrogen and oxygen atoms in total. The average Bonchev–Trinajstić information content (AvgIpc) is 2.71. The molecule has 0 aliphatic carbocycles. The lowest BCUT2D eigenvalue weighted by atomic mass is 10.2. The number of anilines is 1. The van der Waals surface area contributed by atoms with Crippen molar-refractivity contribution in [1.82, 2.24) is 9.97 Å². The van der Waals surface area contributed by atoms with Crippen LogP contribution in [0.5, 0.6) is 0 Å². The van der Waals surface area contributed by atoms with Gasteiger partial charge in [-0.15, -0.1) is 0 Å². The highest BCUT2D eigenvalue weighted by Crippen LogP contribution is 2.30. The van der Waals surface area contributed by atoms with Gasteiger partial charge in [-0.3, -0.25) is 9.78 Å². The van der Waals surface area contributed by atoms with Crippen molar-refractivity contribution < 1.29 is 27.5 Å². The van der Waals surface area contributed by atoms with Gasteiger partial charge in [-0.05, 0) is 43.3 Å². The molecular formula is C21H16F3N3O3. The Morgan fingerprint density at radius 3 is 2.57 bits per heavy atom. The molecule has 1 aromatic heterocycles. The van der Waals surface area contributed by atoms with E-state index < -0.39 is 29.7 Å². The number of para-hydroxylation sites is 2. The second-order valence-electron chi connectivity index (χ2n) is 6.26. The van der Waals surface area contributed by atoms with E-state index in [1.807, 2.05) is 12.1 Å². The minimum atomic E-state index is -4.53. The first-order chi connectivity index (χ1) is 14.2. The smallest absolute Gasteiger partial charge is 0.416 e. The average molecular weight is 415 g/mol. The SMILES string of the molecule is CC(OC(=O)C=Cc1cnc2ccccc2n1)C(=O)Nc1cccc(C(F)(F)F)c1. The van der Waals surface area contributed by atoms with Crippen molar-refractivity contribution in [2.75, 3.05) is 5.32 Å². The van der Waals surface area contributed by atoms with Crippen LogP contribution in [0.3, 0.4) is 0 Å². The number of alkyl halides is 3. The van der Waals surface area contributed by atoms with E-state index in [1.165, 1.54) is 31.3 Å². The van der Waals surface area contributed by atoms with Crippen LogP contribution in [0.2, 0.25) is 0 Å². The van der Waals surface area contributed by atoms with Crippen LogP contribution in [0.15, 0.2) is 60.8 Å². The van der Waals surface area contributed by atoms with Crippen molar-refractivity contribution in [2.24, 2.45) is 0 Å². The monoisotopic (exact) mass is 415 g/mol. The molecule has 9 heteroatoms. The maximum Gasteiger partial charge on any atom is 0.416 e. The lowest BCUT2D eigenvalue weighted by Gasteiger charge is -2.13. The second-order valence-corrected chi connectivity index (χ2v) is 6.26. The Morgan fingerprint density at radius 1 is 1.10 bits per heavy atom. The lowest BCUT2D eigenvalue weighted by Crippen LogP contribution is -2.29. The van der Waals surface area contributed by atoms with Gasteiger partial charge >= 0.3 is 12.1 Å². The van der Waals surface area contributed by atoms with Crippen molar-refractivity contribution in [3.63, 3.8) is 0 Å². The predicted molar refractivity (Wildman–Crippen MR) is 104 cm³/mol. The Hall–Kier alpha value is -3.75. The number of nitrogens with one attached hydrogen (secondary N) is 1. The number of esters is 1. The number of fused-ring (bicyclic) bond motifs is 1. The van der Waals surface area contributed by atoms with Crippen LogP contribution in [0.4, 0.5) is 18.9 Å². The molecule has 1 unspecified atom stereocenters. The summed E-state index contributed by atoms with van der Waals surface area (Å²) in [6, 6.07) is 11.4. The molecule has 1 N–H and O–H groups in total. The van der Waals surface area contributed by atoms with Crippen LogP contribution >= 0.6 is 0 Å². The van der Waals surface area contributed by atoms with Gasteiger partial charge in [-0.2, -0.15) is 13.2 Å². The predicted octanol–water partition coefficient (Wildman–Crippen LogP) is 4.23. The Labute approximate surface area is 169 Å². The van der Waals surface area contributed by atoms with Crippen LogP contribution in [0.1, 0.15) is 18.2 Å². The van der Waals surface area contributed by atoms with Crippen LogP contribution in [0.25, 0.3) is 17.1 Å². The summed E-state index contributed by atoms with van der Waals surface area (Å²) >= 11 is 0. The summed E-state index contributed by atoms with van der Waals surface area (Å²) in [7, 11) is 0. The van der Waals surface area contributed by atoms with Crippen molar-refractivity contribution in [3.05, 3.63) is 72.1 Å². The van der Waals surface area contributed by atoms with E-state index in [4.69, 9.17) is 4.74 Å². The molecule has 0 spiro atoms. The number of carbonyl (C=O) groups is 2. The fraction of sp³-hybridized carbons (Fsp3) is 0.143. The first-order valence-corrected chi connectivity index (χ1v) is 8.81. The molecule has 0 aliphatic heterocycles. The molecule has 2 aromatic carbocycles. The van der Waals surface area contributed by atoms with Gasteiger partial charge in [0.05, 0.1) is 28.5 Å². The summed E-state index contributed by atoms with van der Waals surface area (Å²) < 4.78 is 43.2. The molecule has 0 saturated carbocycles. The molecule has 1 atom stereocenters. The largest absolute Gasteiger partial charge is 0.449 e. The zero-order valence-corrected chi connectivity index (χ0v) is 15.7. The topological polar surface area (TPSA) is 81.2 Å². The highest BCUT2D eigenvalue weighted by atomic mass is 19.4. The van der Waals surface area contributed by atoms with Gasteiger partial charge in [0.25, 0.3) is 5.91 Å². The number of benzene rings is 2. The zero-order chi connectivity index (χ0) is 21.7. The van der Waals surface area contributed by atoms with Gasteiger partial charge < -0.3 is 10.1 Å². The van der Waals surface area contributed by atoms with E-state index in [0.717, 1.165) is 18.2 Å². The summed E-state index contributed by atoms with van der Waals surface area (Å²) in [5.74, 6) is -1.57. The molecule has 0 bridgehead atoms. The lowest BCUT2D eigenvalue weighted by molar-refractivity contribution is -0.148. The number of hydrogen-bond donors (Lipinski definition) is 1. The van der Waals surface area contributed by atoms with Crippen molar-refractivity contribution in [3.8, 4) is 0 Å². The summed E-state index contributed by atoms with van der Waals surface area (Å²) in [6.07, 6.45) is -1.80. The normalized spacial score (nSPS) is 12.7. The summed E-state index contributed by atoms with van der Waals surface area (Å²) in [4.78, 5) is 32.6. The Balaban J connectivity index is 1.59. The molecule has 0 aliphatic rings. The van der Waals surface area contributed by atoms with E-state index in [-0.39, 0.29) is 5.69 Å². The minimum Gasteiger partial charge on any atom is -0.449 e. The first-order valence-electron chi connectivity index (χ1n) is 8.81. The standard InChI is InChI=1S/C21H16F3N3O3/c1-13(20(29)27-15-6-4-5-14(11-15)21(22,23)24)30-19(28)10-9-16-12-25-17-7-2-3-8-18(17)26-16/h2-13H,1H3,(H,27,29). The number of ether oxygens (including phenoxy) is 1. The second kappa shape index (κ2) is 8.73. The number of rotatable bonds is 5. The summed E-state index contributed by atoms with van der Waals surface area (Å²) in [5, 5.41) is 2.29. The number of aromatic nitrogens is 2. The van der Waals surface area contributed by atoms with E-state index in [9.17, 15) is 22.8 Å². The molecule has 30 heavy (non-hydrogen) atoms. The number of amides is 1. The van der Waals surface area contributed by atoms with Crippen LogP contribution < -0.4 is 5.32 Å². The summed E-state index contributed by atoms with van der Waals surface area (Å²) in [5.41, 5.74) is 0.828. The molecule has 1 amide bonds. The third-order valence-corrected chi connectivity index (χ3v) is 3.98. The molecule has 154 valence electrons. The van der Waals surface area contributed by atoms with Gasteiger partial charge in [-0.1, -0.05) is 18.2 Å². The van der Waals surface area contributed by atoms with E-state index in [0.29, 0.717) is 16.7 Å². The van der Waals surface area contributed by atoms with Crippen molar-refractivity contribution in [2.45, 2.75) is 19.2 Å². The van der Waals surface area contributed by atoms with Crippen molar-refractivity contribution in [1.29, 1.82) is 0 Å². The molecule has 3 aromatic rings. The van der Waals surface area contributed by atoms with Crippen LogP contribution in [-0.2, 0) is 20.5 Å². The van der Waals surface area contributed by atoms with E-state index in [1.54, 1.807) is 12.1 Å². The number of nitrogens with zero attached hydrogens (tertiary/aromatic N) is 2. The fourth-order valence-electron chi connectivity index (χ4n) is 2.49. The Morgan fingerprint density at radius 2 is 1.83 bits per heavy atom. The highest BCUT2D eigenvalue weighted by molar-refractivity contribution is 5.96. The number of carbonyl (C=O) groups excluding carboxylic acids is 2. The zero-order valence-electron chi connectivity index (χ0n) is 15.7. The molecule has 1 heterocycles. The molecular weight excluding hydrogens is 399 g/mol. The molecule has 0 radical (unpaired) electrons. The maximum atomic E-state index is 12.7. The Bertz CT molecular complexity index is 1110. The van der Waals surface area contributed by atoms with Crippen LogP contribution in [0, 0.1) is 0 Å². The number of halogens is 3. The van der Waals surface area contributed by atoms with Gasteiger partial charge in [0.2, 0.25) is 0 Å². The Kier molecular flexibility index (Phi) is 6.10. The quantitative estimate of drug-likeness (QED) is 0.498. The fourth-order valence-corrected chi connectivity index (χ4v) is 2.49. The summed E-state index contributed by atoms with van der Waals surface area (Å²) in [6.45, 7) is 1.31.